The number of amides is 1. The van der Waals surface area contributed by atoms with Gasteiger partial charge in [-0.15, -0.1) is 0 Å². The summed E-state index contributed by atoms with van der Waals surface area (Å²) in [5, 5.41) is 3.92. The van der Waals surface area contributed by atoms with E-state index in [2.05, 4.69) is 26.9 Å². The molecule has 7 nitrogen and oxygen atoms in total. The molecular formula is C22H25N3O4. The van der Waals surface area contributed by atoms with Crippen LogP contribution < -0.4 is 4.90 Å². The van der Waals surface area contributed by atoms with Gasteiger partial charge in [-0.05, 0) is 36.8 Å². The molecule has 1 heterocycles. The van der Waals surface area contributed by atoms with Crippen LogP contribution in [0.15, 0.2) is 59.8 Å². The lowest BCUT2D eigenvalue weighted by molar-refractivity contribution is -0.142. The lowest BCUT2D eigenvalue weighted by atomic mass is 10.1. The lowest BCUT2D eigenvalue weighted by Gasteiger charge is -2.36. The van der Waals surface area contributed by atoms with E-state index in [1.54, 1.807) is 31.2 Å². The van der Waals surface area contributed by atoms with Crippen molar-refractivity contribution in [2.75, 3.05) is 38.2 Å². The molecule has 2 aromatic rings. The highest BCUT2D eigenvalue weighted by Crippen LogP contribution is 2.16. The summed E-state index contributed by atoms with van der Waals surface area (Å²) < 4.78 is 4.66. The van der Waals surface area contributed by atoms with E-state index in [0.717, 1.165) is 18.7 Å². The van der Waals surface area contributed by atoms with Crippen LogP contribution in [-0.4, -0.2) is 62.4 Å². The predicted molar refractivity (Wildman–Crippen MR) is 111 cm³/mol. The number of esters is 1. The Hall–Kier alpha value is -3.35. The second-order valence-electron chi connectivity index (χ2n) is 6.74. The summed E-state index contributed by atoms with van der Waals surface area (Å²) in [6.07, 6.45) is 0.849. The number of oxime groups is 1. The van der Waals surface area contributed by atoms with E-state index in [0.29, 0.717) is 18.7 Å². The Morgan fingerprint density at radius 1 is 1.00 bits per heavy atom. The normalized spacial score (nSPS) is 15.2. The molecule has 1 amide bonds. The Bertz CT molecular complexity index is 844. The molecule has 1 atom stereocenters. The van der Waals surface area contributed by atoms with Crippen molar-refractivity contribution in [3.63, 3.8) is 0 Å². The van der Waals surface area contributed by atoms with Gasteiger partial charge in [0.25, 0.3) is 5.91 Å². The summed E-state index contributed by atoms with van der Waals surface area (Å²) in [7, 11) is 1.34. The third-order valence-corrected chi connectivity index (χ3v) is 4.81. The second kappa shape index (κ2) is 9.73. The summed E-state index contributed by atoms with van der Waals surface area (Å²) in [6.45, 7) is 4.58. The van der Waals surface area contributed by atoms with Crippen LogP contribution in [0.5, 0.6) is 0 Å². The van der Waals surface area contributed by atoms with Crippen LogP contribution in [0.4, 0.5) is 5.69 Å². The Kier molecular flexibility index (Phi) is 6.84. The molecule has 1 fully saturated rings. The SMILES string of the molecule is COC(=O)c1ccc(/C=N/OC(C)C(=O)N2CCN(c3ccccc3)CC2)cc1. The van der Waals surface area contributed by atoms with E-state index in [9.17, 15) is 9.59 Å². The fourth-order valence-electron chi connectivity index (χ4n) is 3.13. The Labute approximate surface area is 170 Å². The zero-order chi connectivity index (χ0) is 20.6. The summed E-state index contributed by atoms with van der Waals surface area (Å²) >= 11 is 0. The molecule has 152 valence electrons. The molecule has 1 aliphatic heterocycles. The third kappa shape index (κ3) is 5.34. The number of piperazine rings is 1. The number of nitrogens with zero attached hydrogens (tertiary/aromatic N) is 3. The molecule has 0 N–H and O–H groups in total. The Balaban J connectivity index is 1.47. The van der Waals surface area contributed by atoms with Gasteiger partial charge in [0.05, 0.1) is 18.9 Å². The molecular weight excluding hydrogens is 370 g/mol. The van der Waals surface area contributed by atoms with Crippen LogP contribution in [0.25, 0.3) is 0 Å². The highest BCUT2D eigenvalue weighted by Gasteiger charge is 2.26. The molecule has 0 spiro atoms. The minimum absolute atomic E-state index is 0.0732. The van der Waals surface area contributed by atoms with Crippen molar-refractivity contribution in [3.05, 3.63) is 65.7 Å². The number of rotatable bonds is 6. The first-order valence-electron chi connectivity index (χ1n) is 9.55. The zero-order valence-electron chi connectivity index (χ0n) is 16.7. The summed E-state index contributed by atoms with van der Waals surface area (Å²) in [4.78, 5) is 33.4. The molecule has 29 heavy (non-hydrogen) atoms. The molecule has 0 saturated carbocycles. The van der Waals surface area contributed by atoms with Gasteiger partial charge in [0, 0.05) is 31.9 Å². The maximum Gasteiger partial charge on any atom is 0.337 e. The molecule has 0 radical (unpaired) electrons. The zero-order valence-corrected chi connectivity index (χ0v) is 16.7. The second-order valence-corrected chi connectivity index (χ2v) is 6.74. The standard InChI is InChI=1S/C22H25N3O4/c1-17(29-23-16-18-8-10-19(11-9-18)22(27)28-2)21(26)25-14-12-24(13-15-25)20-6-4-3-5-7-20/h3-11,16-17H,12-15H2,1-2H3/b23-16+. The number of methoxy groups -OCH3 is 1. The van der Waals surface area contributed by atoms with Crippen molar-refractivity contribution in [1.29, 1.82) is 0 Å². The molecule has 0 aliphatic carbocycles. The van der Waals surface area contributed by atoms with Crippen molar-refractivity contribution < 1.29 is 19.2 Å². The molecule has 0 bridgehead atoms. The molecule has 3 rings (SSSR count). The van der Waals surface area contributed by atoms with Crippen molar-refractivity contribution in [3.8, 4) is 0 Å². The molecule has 1 unspecified atom stereocenters. The Morgan fingerprint density at radius 3 is 2.28 bits per heavy atom. The topological polar surface area (TPSA) is 71.4 Å². The van der Waals surface area contributed by atoms with E-state index in [-0.39, 0.29) is 5.91 Å². The van der Waals surface area contributed by atoms with Crippen LogP contribution in [0.2, 0.25) is 0 Å². The number of ether oxygens (including phenoxy) is 1. The molecule has 0 aromatic heterocycles. The smallest absolute Gasteiger partial charge is 0.337 e. The van der Waals surface area contributed by atoms with E-state index in [4.69, 9.17) is 4.84 Å². The van der Waals surface area contributed by atoms with Crippen LogP contribution >= 0.6 is 0 Å². The van der Waals surface area contributed by atoms with Gasteiger partial charge in [0.2, 0.25) is 6.10 Å². The van der Waals surface area contributed by atoms with Crippen molar-refractivity contribution in [2.45, 2.75) is 13.0 Å². The number of hydrogen-bond acceptors (Lipinski definition) is 6. The van der Waals surface area contributed by atoms with Gasteiger partial charge >= 0.3 is 5.97 Å². The van der Waals surface area contributed by atoms with Crippen molar-refractivity contribution in [1.82, 2.24) is 4.90 Å². The highest BCUT2D eigenvalue weighted by atomic mass is 16.6. The fraction of sp³-hybridized carbons (Fsp3) is 0.318. The average molecular weight is 395 g/mol. The van der Waals surface area contributed by atoms with Crippen LogP contribution in [0.1, 0.15) is 22.8 Å². The third-order valence-electron chi connectivity index (χ3n) is 4.81. The van der Waals surface area contributed by atoms with Crippen LogP contribution in [0.3, 0.4) is 0 Å². The summed E-state index contributed by atoms with van der Waals surface area (Å²) in [5.41, 5.74) is 2.39. The van der Waals surface area contributed by atoms with Crippen LogP contribution in [-0.2, 0) is 14.4 Å². The van der Waals surface area contributed by atoms with Crippen molar-refractivity contribution in [2.24, 2.45) is 5.16 Å². The molecule has 1 aliphatic rings. The number of anilines is 1. The maximum absolute atomic E-state index is 12.6. The van der Waals surface area contributed by atoms with Gasteiger partial charge in [-0.3, -0.25) is 4.79 Å². The first-order chi connectivity index (χ1) is 14.1. The largest absolute Gasteiger partial charge is 0.465 e. The summed E-state index contributed by atoms with van der Waals surface area (Å²) in [6, 6.07) is 16.9. The quantitative estimate of drug-likeness (QED) is 0.427. The van der Waals surface area contributed by atoms with E-state index >= 15 is 0 Å². The number of carbonyl (C=O) groups is 2. The Morgan fingerprint density at radius 2 is 1.66 bits per heavy atom. The number of carbonyl (C=O) groups excluding carboxylic acids is 2. The van der Waals surface area contributed by atoms with Gasteiger partial charge in [-0.25, -0.2) is 4.79 Å². The van der Waals surface area contributed by atoms with E-state index < -0.39 is 12.1 Å². The van der Waals surface area contributed by atoms with Gasteiger partial charge in [-0.2, -0.15) is 0 Å². The highest BCUT2D eigenvalue weighted by molar-refractivity contribution is 5.90. The van der Waals surface area contributed by atoms with Gasteiger partial charge in [0.15, 0.2) is 0 Å². The van der Waals surface area contributed by atoms with Gasteiger partial charge < -0.3 is 19.4 Å². The molecule has 1 saturated heterocycles. The van der Waals surface area contributed by atoms with E-state index in [1.807, 2.05) is 23.1 Å². The lowest BCUT2D eigenvalue weighted by Crippen LogP contribution is -2.51. The first kappa shape index (κ1) is 20.4. The molecule has 2 aromatic carbocycles. The minimum atomic E-state index is -0.663. The maximum atomic E-state index is 12.6. The van der Waals surface area contributed by atoms with Crippen LogP contribution in [0, 0.1) is 0 Å². The number of hydrogen-bond donors (Lipinski definition) is 0. The monoisotopic (exact) mass is 395 g/mol. The minimum Gasteiger partial charge on any atom is -0.465 e. The summed E-state index contributed by atoms with van der Waals surface area (Å²) in [5.74, 6) is -0.466. The fourth-order valence-corrected chi connectivity index (χ4v) is 3.13. The number of para-hydroxylation sites is 1. The molecule has 7 heteroatoms. The first-order valence-corrected chi connectivity index (χ1v) is 9.55. The van der Waals surface area contributed by atoms with Gasteiger partial charge in [-0.1, -0.05) is 35.5 Å². The predicted octanol–water partition coefficient (Wildman–Crippen LogP) is 2.56. The van der Waals surface area contributed by atoms with Gasteiger partial charge in [0.1, 0.15) is 0 Å². The van der Waals surface area contributed by atoms with E-state index in [1.165, 1.54) is 19.0 Å². The average Bonchev–Trinajstić information content (AvgIpc) is 2.79. The van der Waals surface area contributed by atoms with Crippen molar-refractivity contribution >= 4 is 23.8 Å². The number of benzene rings is 2.